The zero-order chi connectivity index (χ0) is 11.5. The monoisotopic (exact) mass is 238 g/mol. The van der Waals surface area contributed by atoms with E-state index in [1.165, 1.54) is 4.88 Å². The van der Waals surface area contributed by atoms with Crippen molar-refractivity contribution in [3.63, 3.8) is 0 Å². The highest BCUT2D eigenvalue weighted by Gasteiger charge is 2.07. The average molecular weight is 238 g/mol. The second-order valence-corrected chi connectivity index (χ2v) is 4.97. The van der Waals surface area contributed by atoms with Gasteiger partial charge in [-0.2, -0.15) is 4.98 Å². The molecule has 0 spiro atoms. The van der Waals surface area contributed by atoms with Crippen molar-refractivity contribution in [1.29, 1.82) is 0 Å². The van der Waals surface area contributed by atoms with Crippen LogP contribution in [0, 0.1) is 6.92 Å². The zero-order valence-corrected chi connectivity index (χ0v) is 10.3. The SMILES string of the molecule is Cc1noc(NCc2cnc(C(C)C)s2)n1. The lowest BCUT2D eigenvalue weighted by molar-refractivity contribution is 0.425. The van der Waals surface area contributed by atoms with E-state index in [1.807, 2.05) is 6.20 Å². The van der Waals surface area contributed by atoms with Crippen LogP contribution in [0.25, 0.3) is 0 Å². The fraction of sp³-hybridized carbons (Fsp3) is 0.500. The van der Waals surface area contributed by atoms with Gasteiger partial charge in [-0.15, -0.1) is 11.3 Å². The molecule has 0 saturated heterocycles. The Bertz CT molecular complexity index is 463. The average Bonchev–Trinajstić information content (AvgIpc) is 2.83. The highest BCUT2D eigenvalue weighted by molar-refractivity contribution is 7.11. The van der Waals surface area contributed by atoms with E-state index in [4.69, 9.17) is 4.52 Å². The van der Waals surface area contributed by atoms with E-state index < -0.39 is 0 Å². The third kappa shape index (κ3) is 2.57. The summed E-state index contributed by atoms with van der Waals surface area (Å²) in [4.78, 5) is 9.57. The smallest absolute Gasteiger partial charge is 0.321 e. The van der Waals surface area contributed by atoms with Crippen molar-refractivity contribution < 1.29 is 4.52 Å². The fourth-order valence-corrected chi connectivity index (χ4v) is 2.06. The van der Waals surface area contributed by atoms with Gasteiger partial charge in [-0.25, -0.2) is 4.98 Å². The molecule has 5 nitrogen and oxygen atoms in total. The molecular formula is C10H14N4OS. The highest BCUT2D eigenvalue weighted by atomic mass is 32.1. The molecule has 2 aromatic rings. The number of aromatic nitrogens is 3. The number of anilines is 1. The van der Waals surface area contributed by atoms with Crippen molar-refractivity contribution in [2.45, 2.75) is 33.2 Å². The minimum absolute atomic E-state index is 0.456. The molecule has 1 N–H and O–H groups in total. The van der Waals surface area contributed by atoms with Gasteiger partial charge >= 0.3 is 6.01 Å². The van der Waals surface area contributed by atoms with Crippen LogP contribution in [0.2, 0.25) is 0 Å². The lowest BCUT2D eigenvalue weighted by Gasteiger charge is -1.97. The summed E-state index contributed by atoms with van der Waals surface area (Å²) in [7, 11) is 0. The maximum atomic E-state index is 4.95. The van der Waals surface area contributed by atoms with Gasteiger partial charge in [-0.05, 0) is 6.92 Å². The molecule has 0 saturated carbocycles. The summed E-state index contributed by atoms with van der Waals surface area (Å²) in [5.74, 6) is 1.11. The van der Waals surface area contributed by atoms with E-state index in [9.17, 15) is 0 Å². The molecule has 0 aliphatic heterocycles. The first-order chi connectivity index (χ1) is 7.65. The first kappa shape index (κ1) is 11.1. The summed E-state index contributed by atoms with van der Waals surface area (Å²) in [6.07, 6.45) is 1.89. The van der Waals surface area contributed by atoms with Crippen LogP contribution in [-0.4, -0.2) is 15.1 Å². The van der Waals surface area contributed by atoms with Gasteiger partial charge in [0, 0.05) is 17.0 Å². The number of nitrogens with zero attached hydrogens (tertiary/aromatic N) is 3. The second-order valence-electron chi connectivity index (χ2n) is 3.82. The molecule has 0 fully saturated rings. The van der Waals surface area contributed by atoms with Gasteiger partial charge in [0.25, 0.3) is 0 Å². The predicted molar refractivity (Wildman–Crippen MR) is 62.6 cm³/mol. The summed E-state index contributed by atoms with van der Waals surface area (Å²) >= 11 is 1.70. The van der Waals surface area contributed by atoms with Crippen LogP contribution in [0.3, 0.4) is 0 Å². The van der Waals surface area contributed by atoms with Gasteiger partial charge in [0.05, 0.1) is 11.6 Å². The van der Waals surface area contributed by atoms with E-state index in [0.29, 0.717) is 24.3 Å². The number of thiazole rings is 1. The maximum Gasteiger partial charge on any atom is 0.321 e. The van der Waals surface area contributed by atoms with Crippen LogP contribution in [0.15, 0.2) is 10.7 Å². The Morgan fingerprint density at radius 2 is 2.31 bits per heavy atom. The fourth-order valence-electron chi connectivity index (χ4n) is 1.20. The molecule has 0 amide bonds. The predicted octanol–water partition coefficient (Wildman–Crippen LogP) is 2.57. The van der Waals surface area contributed by atoms with Gasteiger partial charge in [0.1, 0.15) is 0 Å². The van der Waals surface area contributed by atoms with Crippen LogP contribution in [0.5, 0.6) is 0 Å². The minimum atomic E-state index is 0.456. The van der Waals surface area contributed by atoms with E-state index in [2.05, 4.69) is 34.3 Å². The topological polar surface area (TPSA) is 63.8 Å². The van der Waals surface area contributed by atoms with Crippen LogP contribution in [0.1, 0.15) is 35.5 Å². The van der Waals surface area contributed by atoms with Crippen molar-refractivity contribution in [1.82, 2.24) is 15.1 Å². The lowest BCUT2D eigenvalue weighted by Crippen LogP contribution is -1.97. The molecule has 0 atom stereocenters. The Morgan fingerprint density at radius 3 is 2.88 bits per heavy atom. The molecule has 0 unspecified atom stereocenters. The first-order valence-electron chi connectivity index (χ1n) is 5.14. The molecule has 2 heterocycles. The quantitative estimate of drug-likeness (QED) is 0.886. The molecule has 0 aliphatic rings. The molecule has 6 heteroatoms. The van der Waals surface area contributed by atoms with Crippen molar-refractivity contribution in [2.24, 2.45) is 0 Å². The Kier molecular flexibility index (Phi) is 3.19. The largest absolute Gasteiger partial charge is 0.333 e. The number of hydrogen-bond donors (Lipinski definition) is 1. The van der Waals surface area contributed by atoms with Crippen LogP contribution < -0.4 is 5.32 Å². The lowest BCUT2D eigenvalue weighted by atomic mass is 10.2. The molecule has 2 aromatic heterocycles. The van der Waals surface area contributed by atoms with Crippen molar-refractivity contribution in [3.05, 3.63) is 21.9 Å². The van der Waals surface area contributed by atoms with Crippen LogP contribution in [-0.2, 0) is 6.54 Å². The molecule has 2 rings (SSSR count). The first-order valence-corrected chi connectivity index (χ1v) is 5.95. The van der Waals surface area contributed by atoms with Crippen molar-refractivity contribution in [2.75, 3.05) is 5.32 Å². The van der Waals surface area contributed by atoms with Gasteiger partial charge in [-0.3, -0.25) is 0 Å². The van der Waals surface area contributed by atoms with Gasteiger partial charge < -0.3 is 9.84 Å². The van der Waals surface area contributed by atoms with E-state index in [1.54, 1.807) is 18.3 Å². The molecule has 0 radical (unpaired) electrons. The Hall–Kier alpha value is -1.43. The van der Waals surface area contributed by atoms with Crippen molar-refractivity contribution in [3.8, 4) is 0 Å². The number of hydrogen-bond acceptors (Lipinski definition) is 6. The maximum absolute atomic E-state index is 4.95. The summed E-state index contributed by atoms with van der Waals surface area (Å²) in [6.45, 7) is 6.74. The van der Waals surface area contributed by atoms with E-state index in [-0.39, 0.29) is 0 Å². The highest BCUT2D eigenvalue weighted by Crippen LogP contribution is 2.21. The van der Waals surface area contributed by atoms with Crippen LogP contribution in [0.4, 0.5) is 6.01 Å². The van der Waals surface area contributed by atoms with Gasteiger partial charge in [0.15, 0.2) is 5.82 Å². The Balaban J connectivity index is 1.94. The van der Waals surface area contributed by atoms with Gasteiger partial charge in [-0.1, -0.05) is 19.0 Å². The molecule has 0 aliphatic carbocycles. The molecule has 0 aromatic carbocycles. The standard InChI is InChI=1S/C10H14N4OS/c1-6(2)9-11-4-8(16-9)5-12-10-13-7(3)14-15-10/h4,6H,5H2,1-3H3,(H,12,13,14). The molecular weight excluding hydrogens is 224 g/mol. The third-order valence-electron chi connectivity index (χ3n) is 2.01. The Labute approximate surface area is 97.9 Å². The van der Waals surface area contributed by atoms with Crippen molar-refractivity contribution >= 4 is 17.4 Å². The second kappa shape index (κ2) is 4.61. The van der Waals surface area contributed by atoms with Crippen LogP contribution >= 0.6 is 11.3 Å². The number of nitrogens with one attached hydrogen (secondary N) is 1. The molecule has 0 bridgehead atoms. The summed E-state index contributed by atoms with van der Waals surface area (Å²) in [6, 6.07) is 0.456. The number of rotatable bonds is 4. The normalized spacial score (nSPS) is 11.0. The third-order valence-corrected chi connectivity index (χ3v) is 3.30. The Morgan fingerprint density at radius 1 is 1.50 bits per heavy atom. The molecule has 86 valence electrons. The minimum Gasteiger partial charge on any atom is -0.333 e. The summed E-state index contributed by atoms with van der Waals surface area (Å²) in [5.41, 5.74) is 0. The zero-order valence-electron chi connectivity index (χ0n) is 9.52. The molecule has 16 heavy (non-hydrogen) atoms. The summed E-state index contributed by atoms with van der Waals surface area (Å²) < 4.78 is 4.95. The summed E-state index contributed by atoms with van der Waals surface area (Å²) in [5, 5.41) is 7.92. The van der Waals surface area contributed by atoms with Gasteiger partial charge in [0.2, 0.25) is 0 Å². The van der Waals surface area contributed by atoms with E-state index >= 15 is 0 Å². The van der Waals surface area contributed by atoms with E-state index in [0.717, 1.165) is 5.01 Å². The number of aryl methyl sites for hydroxylation is 1.